The molecule has 0 radical (unpaired) electrons. The molecule has 88 valence electrons. The standard InChI is InChI=1S/C9H7ClF3NO2/c1-16-6(15)3-4-2-5(11)7(10)8(14-4)9(12)13/h2,9H,3H2,1H3. The van der Waals surface area contributed by atoms with Crippen LogP contribution in [0.5, 0.6) is 0 Å². The molecule has 0 fully saturated rings. The first kappa shape index (κ1) is 12.8. The second kappa shape index (κ2) is 5.16. The predicted molar refractivity (Wildman–Crippen MR) is 49.9 cm³/mol. The summed E-state index contributed by atoms with van der Waals surface area (Å²) in [6, 6.07) is 0.825. The molecule has 7 heteroatoms. The summed E-state index contributed by atoms with van der Waals surface area (Å²) in [5.41, 5.74) is -1.02. The number of ether oxygens (including phenoxy) is 1. The van der Waals surface area contributed by atoms with Gasteiger partial charge in [-0.15, -0.1) is 0 Å². The number of carbonyl (C=O) groups excluding carboxylic acids is 1. The largest absolute Gasteiger partial charge is 0.469 e. The molecule has 3 nitrogen and oxygen atoms in total. The molecule has 1 heterocycles. The van der Waals surface area contributed by atoms with Crippen LogP contribution >= 0.6 is 11.6 Å². The van der Waals surface area contributed by atoms with E-state index in [2.05, 4.69) is 9.72 Å². The zero-order chi connectivity index (χ0) is 12.3. The van der Waals surface area contributed by atoms with Crippen LogP contribution in [0.2, 0.25) is 5.02 Å². The first-order chi connectivity index (χ1) is 7.45. The van der Waals surface area contributed by atoms with Gasteiger partial charge in [0, 0.05) is 0 Å². The zero-order valence-corrected chi connectivity index (χ0v) is 8.89. The summed E-state index contributed by atoms with van der Waals surface area (Å²) in [6.07, 6.45) is -3.38. The fourth-order valence-corrected chi connectivity index (χ4v) is 1.20. The number of aromatic nitrogens is 1. The van der Waals surface area contributed by atoms with Crippen molar-refractivity contribution in [1.82, 2.24) is 4.98 Å². The highest BCUT2D eigenvalue weighted by Crippen LogP contribution is 2.27. The van der Waals surface area contributed by atoms with Gasteiger partial charge in [-0.3, -0.25) is 4.79 Å². The average Bonchev–Trinajstić information content (AvgIpc) is 2.22. The van der Waals surface area contributed by atoms with Crippen molar-refractivity contribution in [2.45, 2.75) is 12.8 Å². The predicted octanol–water partition coefficient (Wildman–Crippen LogP) is 2.53. The topological polar surface area (TPSA) is 39.2 Å². The lowest BCUT2D eigenvalue weighted by Crippen LogP contribution is -2.08. The fourth-order valence-electron chi connectivity index (χ4n) is 1.02. The Morgan fingerprint density at radius 3 is 2.75 bits per heavy atom. The van der Waals surface area contributed by atoms with Crippen molar-refractivity contribution in [3.8, 4) is 0 Å². The van der Waals surface area contributed by atoms with Crippen LogP contribution < -0.4 is 0 Å². The maximum absolute atomic E-state index is 13.1. The van der Waals surface area contributed by atoms with Crippen molar-refractivity contribution in [3.63, 3.8) is 0 Å². The summed E-state index contributed by atoms with van der Waals surface area (Å²) in [5.74, 6) is -1.74. The molecule has 0 aromatic carbocycles. The second-order valence-electron chi connectivity index (χ2n) is 2.85. The Morgan fingerprint density at radius 2 is 2.25 bits per heavy atom. The van der Waals surface area contributed by atoms with E-state index in [1.54, 1.807) is 0 Å². The van der Waals surface area contributed by atoms with Gasteiger partial charge in [0.15, 0.2) is 0 Å². The third-order valence-corrected chi connectivity index (χ3v) is 2.13. The van der Waals surface area contributed by atoms with Gasteiger partial charge in [0.25, 0.3) is 6.43 Å². The van der Waals surface area contributed by atoms with Crippen LogP contribution in [0.4, 0.5) is 13.2 Å². The highest BCUT2D eigenvalue weighted by molar-refractivity contribution is 6.31. The Balaban J connectivity index is 3.09. The minimum atomic E-state index is -3.00. The van der Waals surface area contributed by atoms with E-state index in [4.69, 9.17) is 11.6 Å². The quantitative estimate of drug-likeness (QED) is 0.777. The van der Waals surface area contributed by atoms with Crippen LogP contribution in [0.3, 0.4) is 0 Å². The molecule has 0 saturated carbocycles. The van der Waals surface area contributed by atoms with Crippen molar-refractivity contribution >= 4 is 17.6 Å². The van der Waals surface area contributed by atoms with Gasteiger partial charge < -0.3 is 4.74 Å². The zero-order valence-electron chi connectivity index (χ0n) is 8.14. The molecule has 16 heavy (non-hydrogen) atoms. The monoisotopic (exact) mass is 253 g/mol. The summed E-state index contributed by atoms with van der Waals surface area (Å²) in [7, 11) is 1.13. The van der Waals surface area contributed by atoms with Crippen molar-refractivity contribution < 1.29 is 22.7 Å². The molecule has 0 spiro atoms. The lowest BCUT2D eigenvalue weighted by Gasteiger charge is -2.06. The highest BCUT2D eigenvalue weighted by atomic mass is 35.5. The van der Waals surface area contributed by atoms with Gasteiger partial charge in [0.1, 0.15) is 16.5 Å². The summed E-state index contributed by atoms with van der Waals surface area (Å²) in [5, 5.41) is -0.733. The number of rotatable bonds is 3. The number of pyridine rings is 1. The summed E-state index contributed by atoms with van der Waals surface area (Å²) < 4.78 is 42.2. The Labute approximate surface area is 94.2 Å². The van der Waals surface area contributed by atoms with Crippen molar-refractivity contribution in [2.24, 2.45) is 0 Å². The van der Waals surface area contributed by atoms with E-state index in [1.165, 1.54) is 0 Å². The van der Waals surface area contributed by atoms with Crippen molar-refractivity contribution in [3.05, 3.63) is 28.3 Å². The third-order valence-electron chi connectivity index (χ3n) is 1.75. The van der Waals surface area contributed by atoms with Gasteiger partial charge >= 0.3 is 5.97 Å². The molecular weight excluding hydrogens is 247 g/mol. The molecule has 0 N–H and O–H groups in total. The minimum absolute atomic E-state index is 0.149. The van der Waals surface area contributed by atoms with Gasteiger partial charge in [0.05, 0.1) is 19.2 Å². The van der Waals surface area contributed by atoms with Crippen molar-refractivity contribution in [1.29, 1.82) is 0 Å². The van der Waals surface area contributed by atoms with Gasteiger partial charge in [-0.2, -0.15) is 0 Å². The maximum Gasteiger partial charge on any atom is 0.311 e. The maximum atomic E-state index is 13.1. The van der Waals surface area contributed by atoms with E-state index >= 15 is 0 Å². The molecule has 0 saturated heterocycles. The number of esters is 1. The summed E-state index contributed by atoms with van der Waals surface area (Å²) in [4.78, 5) is 14.3. The van der Waals surface area contributed by atoms with Gasteiger partial charge in [-0.25, -0.2) is 18.2 Å². The van der Waals surface area contributed by atoms with Crippen LogP contribution in [0.15, 0.2) is 6.07 Å². The normalized spacial score (nSPS) is 10.6. The van der Waals surface area contributed by atoms with E-state index < -0.39 is 28.9 Å². The SMILES string of the molecule is COC(=O)Cc1cc(F)c(Cl)c(C(F)F)n1. The smallest absolute Gasteiger partial charge is 0.311 e. The number of halogens is 4. The van der Waals surface area contributed by atoms with Crippen molar-refractivity contribution in [2.75, 3.05) is 7.11 Å². The Bertz CT molecular complexity index is 412. The van der Waals surface area contributed by atoms with E-state index in [0.29, 0.717) is 0 Å². The molecule has 0 amide bonds. The second-order valence-corrected chi connectivity index (χ2v) is 3.23. The molecule has 0 aliphatic heterocycles. The number of carbonyl (C=O) groups is 1. The number of methoxy groups -OCH3 is 1. The lowest BCUT2D eigenvalue weighted by atomic mass is 10.2. The van der Waals surface area contributed by atoms with Gasteiger partial charge in [0.2, 0.25) is 0 Å². The van der Waals surface area contributed by atoms with Gasteiger partial charge in [-0.05, 0) is 6.07 Å². The van der Waals surface area contributed by atoms with Crippen LogP contribution in [0.25, 0.3) is 0 Å². The molecular formula is C9H7ClF3NO2. The minimum Gasteiger partial charge on any atom is -0.469 e. The Morgan fingerprint density at radius 1 is 1.62 bits per heavy atom. The molecule has 0 aliphatic carbocycles. The number of hydrogen-bond donors (Lipinski definition) is 0. The molecule has 0 aliphatic rings. The summed E-state index contributed by atoms with van der Waals surface area (Å²) in [6.45, 7) is 0. The Kier molecular flexibility index (Phi) is 4.12. The van der Waals surface area contributed by atoms with E-state index in [-0.39, 0.29) is 12.1 Å². The molecule has 1 rings (SSSR count). The Hall–Kier alpha value is -1.30. The highest BCUT2D eigenvalue weighted by Gasteiger charge is 2.19. The first-order valence-corrected chi connectivity index (χ1v) is 4.53. The van der Waals surface area contributed by atoms with E-state index in [1.807, 2.05) is 0 Å². The van der Waals surface area contributed by atoms with Crippen LogP contribution in [0, 0.1) is 5.82 Å². The van der Waals surface area contributed by atoms with Gasteiger partial charge in [-0.1, -0.05) is 11.6 Å². The number of hydrogen-bond acceptors (Lipinski definition) is 3. The molecule has 1 aromatic rings. The first-order valence-electron chi connectivity index (χ1n) is 4.15. The molecule has 0 atom stereocenters. The van der Waals surface area contributed by atoms with E-state index in [9.17, 15) is 18.0 Å². The molecule has 1 aromatic heterocycles. The lowest BCUT2D eigenvalue weighted by molar-refractivity contribution is -0.139. The molecule has 0 unspecified atom stereocenters. The number of nitrogens with zero attached hydrogens (tertiary/aromatic N) is 1. The van der Waals surface area contributed by atoms with E-state index in [0.717, 1.165) is 13.2 Å². The van der Waals surface area contributed by atoms with Crippen LogP contribution in [0.1, 0.15) is 17.8 Å². The van der Waals surface area contributed by atoms with Crippen LogP contribution in [-0.4, -0.2) is 18.1 Å². The van der Waals surface area contributed by atoms with Crippen LogP contribution in [-0.2, 0) is 16.0 Å². The third kappa shape index (κ3) is 2.85. The number of alkyl halides is 2. The molecule has 0 bridgehead atoms. The fraction of sp³-hybridized carbons (Fsp3) is 0.333. The average molecular weight is 254 g/mol. The summed E-state index contributed by atoms with van der Waals surface area (Å²) >= 11 is 5.30.